The van der Waals surface area contributed by atoms with E-state index in [0.717, 1.165) is 36.8 Å². The van der Waals surface area contributed by atoms with Crippen molar-refractivity contribution in [1.82, 2.24) is 19.8 Å². The van der Waals surface area contributed by atoms with Crippen LogP contribution in [0.15, 0.2) is 12.1 Å². The number of alkyl halides is 1. The molecule has 2 aromatic carbocycles. The number of benzene rings is 2. The number of nitrogens with zero attached hydrogens (tertiary/aromatic N) is 7. The number of aromatic nitrogens is 2. The van der Waals surface area contributed by atoms with Gasteiger partial charge in [0.05, 0.1) is 27.2 Å². The van der Waals surface area contributed by atoms with E-state index in [1.165, 1.54) is 6.07 Å². The topological polar surface area (TPSA) is 145 Å². The Hall–Kier alpha value is -4.86. The normalized spacial score (nSPS) is 25.0. The van der Waals surface area contributed by atoms with Gasteiger partial charge in [0.25, 0.3) is 0 Å². The molecule has 0 aliphatic carbocycles. The number of hydrogen-bond acceptors (Lipinski definition) is 11. The Labute approximate surface area is 283 Å². The Balaban J connectivity index is 1.39. The predicted octanol–water partition coefficient (Wildman–Crippen LogP) is 4.89. The summed E-state index contributed by atoms with van der Waals surface area (Å²) in [5.41, 5.74) is 4.90. The number of thiophene rings is 1. The Morgan fingerprint density at radius 3 is 2.71 bits per heavy atom. The number of carbonyl (C=O) groups is 1. The molecule has 4 aliphatic rings. The molecule has 0 spiro atoms. The van der Waals surface area contributed by atoms with E-state index in [-0.39, 0.29) is 84.9 Å². The minimum absolute atomic E-state index is 0.000546. The van der Waals surface area contributed by atoms with Crippen molar-refractivity contribution in [1.29, 1.82) is 10.5 Å². The highest BCUT2D eigenvalue weighted by molar-refractivity contribution is 7.23. The fraction of sp³-hybridized carbons (Fsp3) is 0.441. The molecule has 11 nitrogen and oxygen atoms in total. The highest BCUT2D eigenvalue weighted by atomic mass is 32.1. The van der Waals surface area contributed by atoms with Gasteiger partial charge in [-0.1, -0.05) is 6.07 Å². The molecule has 6 heterocycles. The second kappa shape index (κ2) is 11.4. The third kappa shape index (κ3) is 4.59. The number of nitrogen functional groups attached to an aromatic ring is 1. The Kier molecular flexibility index (Phi) is 7.28. The number of anilines is 2. The van der Waals surface area contributed by atoms with E-state index < -0.39 is 35.4 Å². The SMILES string of the molecule is C[C@H]1COc2c(C#N)c(-c3ccc(F)c4sc(N)c(C#N)c34)c(F)c3nc(OC[C@@]45CCCN4C[C@H](F)C5)nc(c23)N1[C@H]1CCN(C)C1=O. The lowest BCUT2D eigenvalue weighted by molar-refractivity contribution is -0.127. The number of carbonyl (C=O) groups excluding carboxylic acids is 1. The van der Waals surface area contributed by atoms with Crippen LogP contribution in [0.25, 0.3) is 32.1 Å². The van der Waals surface area contributed by atoms with Crippen LogP contribution in [-0.2, 0) is 4.79 Å². The lowest BCUT2D eigenvalue weighted by Crippen LogP contribution is -2.48. The summed E-state index contributed by atoms with van der Waals surface area (Å²) in [6.07, 6.45) is 1.40. The van der Waals surface area contributed by atoms with E-state index in [9.17, 15) is 19.7 Å². The first-order valence-corrected chi connectivity index (χ1v) is 16.9. The highest BCUT2D eigenvalue weighted by Crippen LogP contribution is 2.50. The quantitative estimate of drug-likeness (QED) is 0.308. The Morgan fingerprint density at radius 1 is 1.18 bits per heavy atom. The molecule has 2 N–H and O–H groups in total. The number of amides is 1. The molecule has 15 heteroatoms. The molecule has 0 saturated carbocycles. The zero-order valence-corrected chi connectivity index (χ0v) is 27.5. The first-order valence-electron chi connectivity index (χ1n) is 16.1. The van der Waals surface area contributed by atoms with Crippen molar-refractivity contribution in [2.75, 3.05) is 50.5 Å². The summed E-state index contributed by atoms with van der Waals surface area (Å²) >= 11 is 0.857. The molecule has 252 valence electrons. The minimum atomic E-state index is -0.992. The van der Waals surface area contributed by atoms with E-state index in [0.29, 0.717) is 25.9 Å². The van der Waals surface area contributed by atoms with Crippen molar-refractivity contribution in [2.24, 2.45) is 0 Å². The van der Waals surface area contributed by atoms with Crippen molar-refractivity contribution in [3.63, 3.8) is 0 Å². The van der Waals surface area contributed by atoms with Gasteiger partial charge in [0.15, 0.2) is 11.6 Å². The maximum atomic E-state index is 17.3. The molecule has 0 bridgehead atoms. The van der Waals surface area contributed by atoms with Gasteiger partial charge in [-0.05, 0) is 44.4 Å². The van der Waals surface area contributed by atoms with E-state index in [2.05, 4.69) is 16.0 Å². The third-order valence-electron chi connectivity index (χ3n) is 10.5. The zero-order chi connectivity index (χ0) is 34.4. The molecule has 3 saturated heterocycles. The number of nitriles is 2. The summed E-state index contributed by atoms with van der Waals surface area (Å²) in [5, 5.41) is 20.8. The third-order valence-corrected chi connectivity index (χ3v) is 11.5. The molecule has 1 amide bonds. The monoisotopic (exact) mass is 688 g/mol. The van der Waals surface area contributed by atoms with Crippen LogP contribution in [-0.4, -0.2) is 89.4 Å². The molecule has 49 heavy (non-hydrogen) atoms. The second-order valence-corrected chi connectivity index (χ2v) is 14.4. The summed E-state index contributed by atoms with van der Waals surface area (Å²) in [6.45, 7) is 3.50. The van der Waals surface area contributed by atoms with Crippen molar-refractivity contribution < 1.29 is 27.4 Å². The van der Waals surface area contributed by atoms with Gasteiger partial charge in [0, 0.05) is 37.5 Å². The highest BCUT2D eigenvalue weighted by Gasteiger charge is 2.50. The Bertz CT molecular complexity index is 2160. The lowest BCUT2D eigenvalue weighted by atomic mass is 9.92. The molecule has 4 atom stereocenters. The number of nitrogens with two attached hydrogens (primary N) is 1. The van der Waals surface area contributed by atoms with Gasteiger partial charge < -0.3 is 25.0 Å². The van der Waals surface area contributed by atoms with Crippen LogP contribution in [0.3, 0.4) is 0 Å². The van der Waals surface area contributed by atoms with Crippen molar-refractivity contribution >= 4 is 49.1 Å². The summed E-state index contributed by atoms with van der Waals surface area (Å²) in [5.74, 6) is -1.56. The van der Waals surface area contributed by atoms with Crippen molar-refractivity contribution in [3.05, 3.63) is 34.9 Å². The average molecular weight is 689 g/mol. The molecular weight excluding hydrogens is 657 g/mol. The molecule has 3 fully saturated rings. The van der Waals surface area contributed by atoms with Gasteiger partial charge in [0.2, 0.25) is 5.91 Å². The van der Waals surface area contributed by atoms with E-state index in [1.807, 2.05) is 13.0 Å². The molecule has 2 aromatic heterocycles. The van der Waals surface area contributed by atoms with Crippen LogP contribution < -0.4 is 20.1 Å². The lowest BCUT2D eigenvalue weighted by Gasteiger charge is -2.33. The summed E-state index contributed by atoms with van der Waals surface area (Å²) in [6, 6.07) is 5.25. The van der Waals surface area contributed by atoms with E-state index in [4.69, 9.17) is 20.2 Å². The van der Waals surface area contributed by atoms with Crippen LogP contribution in [0.4, 0.5) is 24.0 Å². The number of hydrogen-bond donors (Lipinski definition) is 1. The molecule has 4 aromatic rings. The largest absolute Gasteiger partial charge is 0.489 e. The van der Waals surface area contributed by atoms with Gasteiger partial charge in [0.1, 0.15) is 65.3 Å². The maximum absolute atomic E-state index is 17.3. The first kappa shape index (κ1) is 31.4. The van der Waals surface area contributed by atoms with Crippen LogP contribution >= 0.6 is 11.3 Å². The number of fused-ring (bicyclic) bond motifs is 2. The fourth-order valence-corrected chi connectivity index (χ4v) is 9.13. The smallest absolute Gasteiger partial charge is 0.319 e. The summed E-state index contributed by atoms with van der Waals surface area (Å²) < 4.78 is 59.5. The number of halogens is 3. The molecule has 4 aliphatic heterocycles. The van der Waals surface area contributed by atoms with Crippen LogP contribution in [0.1, 0.15) is 43.7 Å². The van der Waals surface area contributed by atoms with Gasteiger partial charge in [-0.25, -0.2) is 13.2 Å². The fourth-order valence-electron chi connectivity index (χ4n) is 8.19. The number of likely N-dealkylation sites (tertiary alicyclic amines) is 1. The number of likely N-dealkylation sites (N-methyl/N-ethyl adjacent to an activating group) is 1. The van der Waals surface area contributed by atoms with Gasteiger partial charge in [-0.2, -0.15) is 20.5 Å². The van der Waals surface area contributed by atoms with Gasteiger partial charge in [-0.3, -0.25) is 9.69 Å². The van der Waals surface area contributed by atoms with Crippen LogP contribution in [0, 0.1) is 34.3 Å². The van der Waals surface area contributed by atoms with Gasteiger partial charge in [-0.15, -0.1) is 11.3 Å². The summed E-state index contributed by atoms with van der Waals surface area (Å²) in [4.78, 5) is 28.2. The predicted molar refractivity (Wildman–Crippen MR) is 176 cm³/mol. The minimum Gasteiger partial charge on any atom is -0.489 e. The number of rotatable bonds is 5. The molecular formula is C34H31F3N8O3S. The molecule has 8 rings (SSSR count). The van der Waals surface area contributed by atoms with Crippen molar-refractivity contribution in [2.45, 2.75) is 56.4 Å². The van der Waals surface area contributed by atoms with Crippen LogP contribution in [0.5, 0.6) is 11.8 Å². The van der Waals surface area contributed by atoms with E-state index in [1.54, 1.807) is 16.8 Å². The maximum Gasteiger partial charge on any atom is 0.319 e. The number of ether oxygens (including phenoxy) is 2. The van der Waals surface area contributed by atoms with Crippen LogP contribution in [0.2, 0.25) is 0 Å². The average Bonchev–Trinajstić information content (AvgIpc) is 3.79. The molecule has 0 radical (unpaired) electrons. The standard InChI is InChI=1S/C34H31F3N8O3S/c1-16-14-47-28-19(11-38)23(18-4-5-21(36)29-24(18)20(12-39)30(40)49-29)26(37)27-25(28)31(45(16)22-6-9-43(2)32(22)46)42-33(41-27)48-15-34-7-3-8-44(34)13-17(35)10-34/h4-5,16-17,22H,3,6-10,13-15,40H2,1-2H3/t16-,17+,22-,34-/m0/s1. The first-order chi connectivity index (χ1) is 23.6. The van der Waals surface area contributed by atoms with Crippen molar-refractivity contribution in [3.8, 4) is 35.0 Å². The molecule has 0 unspecified atom stereocenters. The van der Waals surface area contributed by atoms with E-state index >= 15 is 8.78 Å². The summed E-state index contributed by atoms with van der Waals surface area (Å²) in [7, 11) is 1.71. The Morgan fingerprint density at radius 2 is 1.98 bits per heavy atom. The second-order valence-electron chi connectivity index (χ2n) is 13.3. The van der Waals surface area contributed by atoms with Gasteiger partial charge >= 0.3 is 6.01 Å². The zero-order valence-electron chi connectivity index (χ0n) is 26.7.